The van der Waals surface area contributed by atoms with Crippen LogP contribution in [0, 0.1) is 10.1 Å². The molecule has 7 heteroatoms. The number of rotatable bonds is 4. The Labute approximate surface area is 125 Å². The van der Waals surface area contributed by atoms with Crippen LogP contribution in [0.15, 0.2) is 47.6 Å². The van der Waals surface area contributed by atoms with Gasteiger partial charge in [0.15, 0.2) is 0 Å². The monoisotopic (exact) mass is 309 g/mol. The normalized spacial score (nSPS) is 10.7. The zero-order valence-electron chi connectivity index (χ0n) is 10.1. The molecule has 0 radical (unpaired) electrons. The van der Waals surface area contributed by atoms with E-state index in [1.54, 1.807) is 36.4 Å². The van der Waals surface area contributed by atoms with Crippen LogP contribution in [0.3, 0.4) is 0 Å². The quantitative estimate of drug-likeness (QED) is 0.518. The zero-order chi connectivity index (χ0) is 14.5. The molecular weight excluding hydrogens is 301 g/mol. The van der Waals surface area contributed by atoms with Crippen LogP contribution in [0.25, 0.3) is 0 Å². The number of hydrogen-bond acceptors (Lipinski definition) is 4. The van der Waals surface area contributed by atoms with Crippen molar-refractivity contribution in [2.45, 2.75) is 0 Å². The van der Waals surface area contributed by atoms with Crippen molar-refractivity contribution in [1.29, 1.82) is 0 Å². The van der Waals surface area contributed by atoms with Crippen LogP contribution >= 0.6 is 23.2 Å². The number of nitro groups is 1. The first-order valence-electron chi connectivity index (χ1n) is 5.55. The van der Waals surface area contributed by atoms with Crippen molar-refractivity contribution in [3.8, 4) is 0 Å². The Morgan fingerprint density at radius 2 is 1.90 bits per heavy atom. The van der Waals surface area contributed by atoms with Crippen molar-refractivity contribution < 1.29 is 4.92 Å². The fourth-order valence-corrected chi connectivity index (χ4v) is 1.80. The fourth-order valence-electron chi connectivity index (χ4n) is 1.50. The predicted molar refractivity (Wildman–Crippen MR) is 80.8 cm³/mol. The van der Waals surface area contributed by atoms with E-state index in [0.717, 1.165) is 0 Å². The summed E-state index contributed by atoms with van der Waals surface area (Å²) in [7, 11) is 0. The minimum atomic E-state index is -0.458. The Bertz CT molecular complexity index is 674. The molecule has 0 saturated heterocycles. The number of halogens is 2. The first-order chi connectivity index (χ1) is 9.58. The molecule has 0 amide bonds. The van der Waals surface area contributed by atoms with Gasteiger partial charge in [0.25, 0.3) is 5.69 Å². The van der Waals surface area contributed by atoms with E-state index >= 15 is 0 Å². The Morgan fingerprint density at radius 1 is 1.15 bits per heavy atom. The van der Waals surface area contributed by atoms with Crippen LogP contribution in [-0.2, 0) is 0 Å². The highest BCUT2D eigenvalue weighted by molar-refractivity contribution is 6.42. The fraction of sp³-hybridized carbons (Fsp3) is 0. The summed E-state index contributed by atoms with van der Waals surface area (Å²) in [5, 5.41) is 15.6. The number of hydrazone groups is 1. The molecule has 2 aromatic rings. The third-order valence-corrected chi connectivity index (χ3v) is 3.19. The molecule has 0 fully saturated rings. The molecule has 1 N–H and O–H groups in total. The number of anilines is 1. The number of hydrogen-bond donors (Lipinski definition) is 1. The Morgan fingerprint density at radius 3 is 2.60 bits per heavy atom. The second kappa shape index (κ2) is 6.36. The second-order valence-corrected chi connectivity index (χ2v) is 4.63. The lowest BCUT2D eigenvalue weighted by atomic mass is 10.2. The summed E-state index contributed by atoms with van der Waals surface area (Å²) in [5.41, 5.74) is 3.76. The number of benzene rings is 2. The maximum atomic E-state index is 10.8. The van der Waals surface area contributed by atoms with Gasteiger partial charge in [-0.1, -0.05) is 35.3 Å². The molecule has 0 spiro atoms. The third kappa shape index (κ3) is 3.46. The summed E-state index contributed by atoms with van der Waals surface area (Å²) in [4.78, 5) is 10.4. The van der Waals surface area contributed by atoms with Crippen LogP contribution in [0.5, 0.6) is 0 Å². The second-order valence-electron chi connectivity index (χ2n) is 3.81. The topological polar surface area (TPSA) is 67.5 Å². The van der Waals surface area contributed by atoms with E-state index < -0.39 is 4.92 Å². The third-order valence-electron chi connectivity index (χ3n) is 2.45. The molecule has 0 aromatic heterocycles. The maximum absolute atomic E-state index is 10.8. The van der Waals surface area contributed by atoms with Crippen molar-refractivity contribution in [1.82, 2.24) is 0 Å². The Balaban J connectivity index is 2.14. The highest BCUT2D eigenvalue weighted by atomic mass is 35.5. The van der Waals surface area contributed by atoms with E-state index in [1.807, 2.05) is 0 Å². The van der Waals surface area contributed by atoms with E-state index in [9.17, 15) is 10.1 Å². The Hall–Kier alpha value is -2.11. The van der Waals surface area contributed by atoms with Crippen molar-refractivity contribution in [3.05, 3.63) is 68.2 Å². The summed E-state index contributed by atoms with van der Waals surface area (Å²) in [6.07, 6.45) is 1.38. The van der Waals surface area contributed by atoms with Crippen molar-refractivity contribution in [2.75, 3.05) is 5.43 Å². The van der Waals surface area contributed by atoms with Gasteiger partial charge < -0.3 is 0 Å². The number of nitrogens with zero attached hydrogens (tertiary/aromatic N) is 2. The smallest absolute Gasteiger partial charge is 0.278 e. The van der Waals surface area contributed by atoms with Gasteiger partial charge >= 0.3 is 0 Å². The van der Waals surface area contributed by atoms with Crippen molar-refractivity contribution >= 4 is 40.8 Å². The molecule has 5 nitrogen and oxygen atoms in total. The van der Waals surface area contributed by atoms with E-state index in [4.69, 9.17) is 23.2 Å². The average molecular weight is 310 g/mol. The molecule has 102 valence electrons. The van der Waals surface area contributed by atoms with Crippen molar-refractivity contribution in [2.24, 2.45) is 5.10 Å². The van der Waals surface area contributed by atoms with E-state index in [0.29, 0.717) is 21.3 Å². The summed E-state index contributed by atoms with van der Waals surface area (Å²) >= 11 is 11.7. The summed E-state index contributed by atoms with van der Waals surface area (Å²) in [6.45, 7) is 0. The molecular formula is C13H9Cl2N3O2. The van der Waals surface area contributed by atoms with Gasteiger partial charge in [0.2, 0.25) is 0 Å². The summed E-state index contributed by atoms with van der Waals surface area (Å²) in [6, 6.07) is 11.3. The maximum Gasteiger partial charge on any atom is 0.278 e. The molecule has 0 aliphatic rings. The van der Waals surface area contributed by atoms with Crippen LogP contribution in [0.2, 0.25) is 10.0 Å². The standard InChI is InChI=1S/C13H9Cl2N3O2/c14-11-6-5-10(7-12(11)15)17-16-8-9-3-1-2-4-13(9)18(19)20/h1-8,17H/b16-8-. The average Bonchev–Trinajstić information content (AvgIpc) is 2.43. The molecule has 0 saturated carbocycles. The Kier molecular flexibility index (Phi) is 4.55. The van der Waals surface area contributed by atoms with Gasteiger partial charge in [0.1, 0.15) is 0 Å². The van der Waals surface area contributed by atoms with Gasteiger partial charge in [-0.15, -0.1) is 0 Å². The van der Waals surface area contributed by atoms with Gasteiger partial charge in [0, 0.05) is 6.07 Å². The van der Waals surface area contributed by atoms with Gasteiger partial charge in [-0.3, -0.25) is 15.5 Å². The molecule has 0 unspecified atom stereocenters. The highest BCUT2D eigenvalue weighted by Crippen LogP contribution is 2.25. The molecule has 0 aliphatic carbocycles. The number of nitro benzene ring substituents is 1. The lowest BCUT2D eigenvalue weighted by molar-refractivity contribution is -0.385. The first-order valence-corrected chi connectivity index (χ1v) is 6.31. The summed E-state index contributed by atoms with van der Waals surface area (Å²) < 4.78 is 0. The van der Waals surface area contributed by atoms with Gasteiger partial charge in [-0.05, 0) is 24.3 Å². The zero-order valence-corrected chi connectivity index (χ0v) is 11.6. The van der Waals surface area contributed by atoms with Gasteiger partial charge in [0.05, 0.1) is 32.4 Å². The van der Waals surface area contributed by atoms with Gasteiger partial charge in [-0.25, -0.2) is 0 Å². The van der Waals surface area contributed by atoms with E-state index in [1.165, 1.54) is 12.3 Å². The number of nitrogens with one attached hydrogen (secondary N) is 1. The molecule has 2 rings (SSSR count). The molecule has 20 heavy (non-hydrogen) atoms. The molecule has 0 heterocycles. The van der Waals surface area contributed by atoms with Crippen LogP contribution in [0.4, 0.5) is 11.4 Å². The number of para-hydroxylation sites is 1. The lowest BCUT2D eigenvalue weighted by Crippen LogP contribution is -1.96. The molecule has 2 aromatic carbocycles. The molecule has 0 atom stereocenters. The minimum Gasteiger partial charge on any atom is -0.278 e. The molecule has 0 aliphatic heterocycles. The predicted octanol–water partition coefficient (Wildman–Crippen LogP) is 4.35. The van der Waals surface area contributed by atoms with Crippen molar-refractivity contribution in [3.63, 3.8) is 0 Å². The van der Waals surface area contributed by atoms with Gasteiger partial charge in [-0.2, -0.15) is 5.10 Å². The molecule has 0 bridgehead atoms. The minimum absolute atomic E-state index is 0.00723. The summed E-state index contributed by atoms with van der Waals surface area (Å²) in [5.74, 6) is 0. The lowest BCUT2D eigenvalue weighted by Gasteiger charge is -2.02. The van der Waals surface area contributed by atoms with Crippen LogP contribution in [0.1, 0.15) is 5.56 Å². The van der Waals surface area contributed by atoms with E-state index in [2.05, 4.69) is 10.5 Å². The van der Waals surface area contributed by atoms with Crippen LogP contribution < -0.4 is 5.43 Å². The largest absolute Gasteiger partial charge is 0.278 e. The highest BCUT2D eigenvalue weighted by Gasteiger charge is 2.09. The SMILES string of the molecule is O=[N+]([O-])c1ccccc1/C=N\Nc1ccc(Cl)c(Cl)c1. The first kappa shape index (κ1) is 14.3. The van der Waals surface area contributed by atoms with Crippen LogP contribution in [-0.4, -0.2) is 11.1 Å². The van der Waals surface area contributed by atoms with E-state index in [-0.39, 0.29) is 5.69 Å².